The molecule has 2 aromatic heterocycles. The molecule has 0 saturated carbocycles. The van der Waals surface area contributed by atoms with E-state index in [1.165, 1.54) is 22.5 Å². The van der Waals surface area contributed by atoms with Crippen LogP contribution in [0.3, 0.4) is 0 Å². The number of halogens is 1. The average molecular weight is 617 g/mol. The molecule has 2 atom stereocenters. The zero-order valence-corrected chi connectivity index (χ0v) is 25.4. The highest BCUT2D eigenvalue weighted by atomic mass is 32.1. The minimum atomic E-state index is -1.22. The van der Waals surface area contributed by atoms with Crippen molar-refractivity contribution in [3.63, 3.8) is 0 Å². The van der Waals surface area contributed by atoms with Gasteiger partial charge in [-0.25, -0.2) is 9.18 Å². The topological polar surface area (TPSA) is 129 Å². The third kappa shape index (κ3) is 6.91. The number of carboxylic acid groups (broad SMARTS) is 1. The van der Waals surface area contributed by atoms with Gasteiger partial charge in [-0.05, 0) is 68.1 Å². The number of carbonyl (C=O) groups is 3. The molecule has 0 spiro atoms. The summed E-state index contributed by atoms with van der Waals surface area (Å²) in [6.45, 7) is 5.42. The van der Waals surface area contributed by atoms with Crippen LogP contribution in [0.2, 0.25) is 0 Å². The van der Waals surface area contributed by atoms with Crippen LogP contribution in [0.4, 0.5) is 14.9 Å². The number of nitrogens with zero attached hydrogens (tertiary/aromatic N) is 5. The third-order valence-corrected chi connectivity index (χ3v) is 8.04. The molecular weight excluding hydrogens is 583 g/mol. The maximum Gasteiger partial charge on any atom is 0.408 e. The van der Waals surface area contributed by atoms with Crippen molar-refractivity contribution in [2.45, 2.75) is 64.2 Å². The SMILES string of the molecule is CC(C)(C)N(C(=O)O)[C@@H](CC(=O)NC1Cc2ncccc2N(Cc2ccc(-c3csnn3)cc2)C1=O)Cc1ccccc1F. The number of fused-ring (bicyclic) bond motifs is 1. The Kier molecular flexibility index (Phi) is 9.00. The van der Waals surface area contributed by atoms with E-state index < -0.39 is 35.4 Å². The second kappa shape index (κ2) is 12.9. The first-order valence-corrected chi connectivity index (χ1v) is 15.0. The zero-order chi connectivity index (χ0) is 31.4. The van der Waals surface area contributed by atoms with Crippen LogP contribution >= 0.6 is 11.5 Å². The average Bonchev–Trinajstić information content (AvgIpc) is 3.51. The molecule has 228 valence electrons. The number of carbonyl (C=O) groups excluding carboxylic acids is 2. The number of hydrogen-bond donors (Lipinski definition) is 2. The van der Waals surface area contributed by atoms with Crippen LogP contribution in [-0.4, -0.2) is 60.1 Å². The van der Waals surface area contributed by atoms with Gasteiger partial charge in [0.25, 0.3) is 0 Å². The van der Waals surface area contributed by atoms with E-state index in [-0.39, 0.29) is 31.7 Å². The first kappa shape index (κ1) is 30.7. The van der Waals surface area contributed by atoms with E-state index >= 15 is 0 Å². The van der Waals surface area contributed by atoms with Gasteiger partial charge in [-0.2, -0.15) is 0 Å². The van der Waals surface area contributed by atoms with Gasteiger partial charge in [-0.1, -0.05) is 47.0 Å². The maximum atomic E-state index is 14.6. The quantitative estimate of drug-likeness (QED) is 0.268. The largest absolute Gasteiger partial charge is 0.465 e. The molecule has 2 aromatic carbocycles. The van der Waals surface area contributed by atoms with E-state index in [1.807, 2.05) is 35.7 Å². The minimum absolute atomic E-state index is 0.00818. The Bertz CT molecular complexity index is 1640. The van der Waals surface area contributed by atoms with E-state index in [0.29, 0.717) is 16.9 Å². The van der Waals surface area contributed by atoms with Crippen molar-refractivity contribution in [1.82, 2.24) is 24.8 Å². The lowest BCUT2D eigenvalue weighted by molar-refractivity contribution is -0.128. The van der Waals surface area contributed by atoms with Crippen LogP contribution < -0.4 is 10.2 Å². The van der Waals surface area contributed by atoms with Gasteiger partial charge in [-0.15, -0.1) is 5.10 Å². The number of aromatic nitrogens is 3. The van der Waals surface area contributed by atoms with Crippen LogP contribution in [0.1, 0.15) is 44.0 Å². The molecule has 0 saturated heterocycles. The Hall–Kier alpha value is -4.71. The van der Waals surface area contributed by atoms with E-state index in [1.54, 1.807) is 56.1 Å². The second-order valence-corrected chi connectivity index (χ2v) is 12.3. The zero-order valence-electron chi connectivity index (χ0n) is 24.6. The van der Waals surface area contributed by atoms with Crippen molar-refractivity contribution < 1.29 is 23.9 Å². The van der Waals surface area contributed by atoms with Gasteiger partial charge in [-0.3, -0.25) is 19.5 Å². The van der Waals surface area contributed by atoms with Crippen LogP contribution in [0.25, 0.3) is 11.3 Å². The monoisotopic (exact) mass is 616 g/mol. The van der Waals surface area contributed by atoms with Gasteiger partial charge >= 0.3 is 6.09 Å². The van der Waals surface area contributed by atoms with Crippen LogP contribution in [0.15, 0.2) is 72.2 Å². The highest BCUT2D eigenvalue weighted by Crippen LogP contribution is 2.29. The van der Waals surface area contributed by atoms with E-state index in [2.05, 4.69) is 19.9 Å². The Morgan fingerprint density at radius 3 is 2.55 bits per heavy atom. The van der Waals surface area contributed by atoms with E-state index in [9.17, 15) is 23.9 Å². The number of nitrogens with one attached hydrogen (secondary N) is 1. The predicted molar refractivity (Wildman–Crippen MR) is 165 cm³/mol. The summed E-state index contributed by atoms with van der Waals surface area (Å²) in [6, 6.07) is 15.6. The summed E-state index contributed by atoms with van der Waals surface area (Å²) in [6.07, 6.45) is 0.338. The van der Waals surface area contributed by atoms with Crippen molar-refractivity contribution in [3.05, 3.63) is 94.9 Å². The van der Waals surface area contributed by atoms with Crippen molar-refractivity contribution in [1.29, 1.82) is 0 Å². The molecular formula is C32H33FN6O4S. The molecule has 0 fully saturated rings. The first-order valence-electron chi connectivity index (χ1n) is 14.2. The lowest BCUT2D eigenvalue weighted by Crippen LogP contribution is -2.56. The van der Waals surface area contributed by atoms with Gasteiger partial charge in [0.15, 0.2) is 0 Å². The van der Waals surface area contributed by atoms with Crippen LogP contribution in [0.5, 0.6) is 0 Å². The van der Waals surface area contributed by atoms with Crippen LogP contribution in [0, 0.1) is 5.82 Å². The fraction of sp³-hybridized carbons (Fsp3) is 0.312. The van der Waals surface area contributed by atoms with E-state index in [4.69, 9.17) is 0 Å². The lowest BCUT2D eigenvalue weighted by Gasteiger charge is -2.40. The molecule has 3 heterocycles. The van der Waals surface area contributed by atoms with Gasteiger partial charge in [0.05, 0.1) is 17.9 Å². The normalized spacial score (nSPS) is 15.4. The fourth-order valence-electron chi connectivity index (χ4n) is 5.58. The number of hydrogen-bond acceptors (Lipinski definition) is 7. The standard InChI is InChI=1S/C32H33FN6O4S/c1-32(2,3)39(31(42)43)23(15-22-7-4-5-8-24(22)33)16-29(40)35-26-17-25-28(9-6-14-34-25)38(30(26)41)18-20-10-12-21(13-11-20)27-19-44-37-36-27/h4-14,19,23,26H,15-18H2,1-3H3,(H,35,40)(H,42,43)/t23-,26?/m1/s1. The molecule has 0 aliphatic carbocycles. The Labute approximate surface area is 258 Å². The molecule has 0 radical (unpaired) electrons. The molecule has 0 bridgehead atoms. The smallest absolute Gasteiger partial charge is 0.408 e. The number of benzene rings is 2. The van der Waals surface area contributed by atoms with E-state index in [0.717, 1.165) is 16.8 Å². The second-order valence-electron chi connectivity index (χ2n) is 11.7. The summed E-state index contributed by atoms with van der Waals surface area (Å²) in [5.74, 6) is -1.29. The molecule has 1 unspecified atom stereocenters. The molecule has 4 aromatic rings. The molecule has 1 aliphatic rings. The van der Waals surface area contributed by atoms with Gasteiger partial charge < -0.3 is 15.3 Å². The summed E-state index contributed by atoms with van der Waals surface area (Å²) >= 11 is 1.27. The minimum Gasteiger partial charge on any atom is -0.465 e. The van der Waals surface area contributed by atoms with Gasteiger partial charge in [0.2, 0.25) is 11.8 Å². The summed E-state index contributed by atoms with van der Waals surface area (Å²) in [7, 11) is 0. The van der Waals surface area contributed by atoms with Crippen LogP contribution in [-0.2, 0) is 29.0 Å². The fourth-order valence-corrected chi connectivity index (χ4v) is 6.05. The Morgan fingerprint density at radius 2 is 1.89 bits per heavy atom. The van der Waals surface area contributed by atoms with Gasteiger partial charge in [0.1, 0.15) is 17.6 Å². The molecule has 2 N–H and O–H groups in total. The molecule has 1 aliphatic heterocycles. The Balaban J connectivity index is 1.36. The van der Waals surface area contributed by atoms with Crippen molar-refractivity contribution in [3.8, 4) is 11.3 Å². The van der Waals surface area contributed by atoms with Crippen molar-refractivity contribution >= 4 is 35.1 Å². The summed E-state index contributed by atoms with van der Waals surface area (Å²) < 4.78 is 18.5. The molecule has 3 amide bonds. The van der Waals surface area contributed by atoms with Crippen molar-refractivity contribution in [2.75, 3.05) is 4.90 Å². The molecule has 10 nitrogen and oxygen atoms in total. The first-order chi connectivity index (χ1) is 21.0. The number of pyridine rings is 1. The lowest BCUT2D eigenvalue weighted by atomic mass is 9.95. The number of anilines is 1. The third-order valence-electron chi connectivity index (χ3n) is 7.53. The summed E-state index contributed by atoms with van der Waals surface area (Å²) in [5, 5.41) is 18.9. The van der Waals surface area contributed by atoms with Gasteiger partial charge in [0, 0.05) is 41.6 Å². The molecule has 5 rings (SSSR count). The summed E-state index contributed by atoms with van der Waals surface area (Å²) in [4.78, 5) is 46.9. The molecule has 12 heteroatoms. The number of amides is 3. The van der Waals surface area contributed by atoms with Crippen molar-refractivity contribution in [2.24, 2.45) is 0 Å². The number of rotatable bonds is 9. The summed E-state index contributed by atoms with van der Waals surface area (Å²) in [5.41, 5.74) is 3.32. The maximum absolute atomic E-state index is 14.6. The highest BCUT2D eigenvalue weighted by molar-refractivity contribution is 7.03. The highest BCUT2D eigenvalue weighted by Gasteiger charge is 2.38. The predicted octanol–water partition coefficient (Wildman–Crippen LogP) is 5.09. The Morgan fingerprint density at radius 1 is 1.14 bits per heavy atom. The molecule has 44 heavy (non-hydrogen) atoms.